The zero-order chi connectivity index (χ0) is 13.9. The summed E-state index contributed by atoms with van der Waals surface area (Å²) >= 11 is 0. The van der Waals surface area contributed by atoms with Gasteiger partial charge in [0.2, 0.25) is 5.88 Å². The molecule has 0 bridgehead atoms. The van der Waals surface area contributed by atoms with Gasteiger partial charge < -0.3 is 19.6 Å². The first-order valence-electron chi connectivity index (χ1n) is 6.07. The fourth-order valence-electron chi connectivity index (χ4n) is 1.84. The minimum atomic E-state index is 0.152. The molecule has 2 aromatic heterocycles. The predicted molar refractivity (Wildman–Crippen MR) is 73.8 cm³/mol. The molecular weight excluding hydrogens is 258 g/mol. The van der Waals surface area contributed by atoms with Crippen LogP contribution in [0.4, 0.5) is 6.01 Å². The normalized spacial score (nSPS) is 10.7. The van der Waals surface area contributed by atoms with Crippen molar-refractivity contribution < 1.29 is 14.3 Å². The van der Waals surface area contributed by atoms with Gasteiger partial charge >= 0.3 is 0 Å². The van der Waals surface area contributed by atoms with E-state index in [0.717, 1.165) is 5.56 Å². The van der Waals surface area contributed by atoms with E-state index in [-0.39, 0.29) is 5.75 Å². The number of benzene rings is 1. The van der Waals surface area contributed by atoms with Crippen LogP contribution in [-0.2, 0) is 6.54 Å². The van der Waals surface area contributed by atoms with Crippen molar-refractivity contribution >= 4 is 17.1 Å². The maximum Gasteiger partial charge on any atom is 0.295 e. The molecule has 3 rings (SSSR count). The molecule has 1 aromatic carbocycles. The number of hydrogen-bond acceptors (Lipinski definition) is 6. The largest absolute Gasteiger partial charge is 0.508 e. The van der Waals surface area contributed by atoms with Crippen LogP contribution in [0, 0.1) is 0 Å². The molecule has 0 amide bonds. The van der Waals surface area contributed by atoms with E-state index >= 15 is 0 Å². The van der Waals surface area contributed by atoms with Gasteiger partial charge in [0, 0.05) is 24.9 Å². The number of anilines is 1. The lowest BCUT2D eigenvalue weighted by molar-refractivity contribution is 0.397. The molecule has 102 valence electrons. The highest BCUT2D eigenvalue weighted by Crippen LogP contribution is 2.23. The third-order valence-corrected chi connectivity index (χ3v) is 2.82. The van der Waals surface area contributed by atoms with Crippen molar-refractivity contribution in [3.8, 4) is 11.6 Å². The summed E-state index contributed by atoms with van der Waals surface area (Å²) in [5, 5.41) is 12.5. The van der Waals surface area contributed by atoms with Crippen LogP contribution in [0.25, 0.3) is 11.1 Å². The van der Waals surface area contributed by atoms with Gasteiger partial charge in [-0.25, -0.2) is 4.98 Å². The fourth-order valence-corrected chi connectivity index (χ4v) is 1.84. The fraction of sp³-hybridized carbons (Fsp3) is 0.143. The first-order chi connectivity index (χ1) is 9.74. The number of phenolic OH excluding ortho intramolecular Hbond substituents is 1. The minimum Gasteiger partial charge on any atom is -0.508 e. The minimum absolute atomic E-state index is 0.152. The van der Waals surface area contributed by atoms with E-state index in [4.69, 9.17) is 9.15 Å². The van der Waals surface area contributed by atoms with Crippen molar-refractivity contribution in [1.82, 2.24) is 9.97 Å². The number of nitrogens with zero attached hydrogens (tertiary/aromatic N) is 2. The Balaban J connectivity index is 1.76. The molecule has 0 radical (unpaired) electrons. The van der Waals surface area contributed by atoms with E-state index in [9.17, 15) is 5.11 Å². The Morgan fingerprint density at radius 3 is 3.05 bits per heavy atom. The molecule has 0 unspecified atom stereocenters. The van der Waals surface area contributed by atoms with Crippen molar-refractivity contribution in [3.05, 3.63) is 42.1 Å². The molecule has 6 heteroatoms. The number of phenols is 1. The Morgan fingerprint density at radius 2 is 2.20 bits per heavy atom. The van der Waals surface area contributed by atoms with Gasteiger partial charge in [0.05, 0.1) is 7.11 Å². The number of fused-ring (bicyclic) bond motifs is 1. The second kappa shape index (κ2) is 5.08. The Kier molecular flexibility index (Phi) is 3.12. The number of aromatic nitrogens is 2. The third kappa shape index (κ3) is 2.49. The predicted octanol–water partition coefficient (Wildman–Crippen LogP) is 2.55. The Morgan fingerprint density at radius 1 is 1.30 bits per heavy atom. The number of pyridine rings is 1. The summed E-state index contributed by atoms with van der Waals surface area (Å²) in [4.78, 5) is 8.32. The smallest absolute Gasteiger partial charge is 0.295 e. The van der Waals surface area contributed by atoms with Crippen molar-refractivity contribution in [2.75, 3.05) is 12.4 Å². The molecule has 0 saturated carbocycles. The molecular formula is C14H13N3O3. The molecule has 0 fully saturated rings. The topological polar surface area (TPSA) is 80.4 Å². The van der Waals surface area contributed by atoms with Crippen molar-refractivity contribution in [2.24, 2.45) is 0 Å². The second-order valence-corrected chi connectivity index (χ2v) is 4.23. The molecule has 0 aliphatic carbocycles. The van der Waals surface area contributed by atoms with Crippen LogP contribution in [0.1, 0.15) is 5.56 Å². The van der Waals surface area contributed by atoms with Gasteiger partial charge in [0.25, 0.3) is 6.01 Å². The van der Waals surface area contributed by atoms with Gasteiger partial charge in [-0.1, -0.05) is 0 Å². The van der Waals surface area contributed by atoms with E-state index in [2.05, 4.69) is 15.3 Å². The number of methoxy groups -OCH3 is 1. The van der Waals surface area contributed by atoms with E-state index in [1.54, 1.807) is 25.4 Å². The number of rotatable bonds is 4. The van der Waals surface area contributed by atoms with Crippen LogP contribution in [0.2, 0.25) is 0 Å². The number of oxazole rings is 1. The quantitative estimate of drug-likeness (QED) is 0.759. The molecule has 2 heterocycles. The number of hydrogen-bond donors (Lipinski definition) is 2. The molecule has 0 aliphatic rings. The number of aromatic hydroxyl groups is 1. The zero-order valence-corrected chi connectivity index (χ0v) is 10.8. The third-order valence-electron chi connectivity index (χ3n) is 2.82. The summed E-state index contributed by atoms with van der Waals surface area (Å²) in [6, 6.07) is 8.92. The second-order valence-electron chi connectivity index (χ2n) is 4.23. The number of ether oxygens (including phenoxy) is 1. The lowest BCUT2D eigenvalue weighted by Gasteiger charge is -2.03. The van der Waals surface area contributed by atoms with E-state index in [0.29, 0.717) is 29.5 Å². The standard InChI is InChI=1S/C14H13N3O3/c1-19-13-6-9(4-5-15-13)8-16-14-17-11-3-2-10(18)7-12(11)20-14/h2-7,18H,8H2,1H3,(H,16,17). The summed E-state index contributed by atoms with van der Waals surface area (Å²) in [6.45, 7) is 0.539. The summed E-state index contributed by atoms with van der Waals surface area (Å²) in [7, 11) is 1.58. The Labute approximate surface area is 115 Å². The SMILES string of the molecule is COc1cc(CNc2nc3ccc(O)cc3o2)ccn1. The van der Waals surface area contributed by atoms with Crippen LogP contribution in [-0.4, -0.2) is 22.2 Å². The molecule has 20 heavy (non-hydrogen) atoms. The van der Waals surface area contributed by atoms with Crippen molar-refractivity contribution in [3.63, 3.8) is 0 Å². The maximum atomic E-state index is 9.38. The van der Waals surface area contributed by atoms with Crippen molar-refractivity contribution in [1.29, 1.82) is 0 Å². The van der Waals surface area contributed by atoms with E-state index in [1.165, 1.54) is 6.07 Å². The average molecular weight is 271 g/mol. The van der Waals surface area contributed by atoms with Crippen LogP contribution in [0.3, 0.4) is 0 Å². The zero-order valence-electron chi connectivity index (χ0n) is 10.8. The lowest BCUT2D eigenvalue weighted by Crippen LogP contribution is -2.00. The van der Waals surface area contributed by atoms with Crippen LogP contribution < -0.4 is 10.1 Å². The Hall–Kier alpha value is -2.76. The lowest BCUT2D eigenvalue weighted by atomic mass is 10.2. The highest BCUT2D eigenvalue weighted by atomic mass is 16.5. The highest BCUT2D eigenvalue weighted by Gasteiger charge is 2.06. The van der Waals surface area contributed by atoms with Gasteiger partial charge in [0.1, 0.15) is 11.3 Å². The van der Waals surface area contributed by atoms with Gasteiger partial charge in [0.15, 0.2) is 5.58 Å². The van der Waals surface area contributed by atoms with Gasteiger partial charge in [-0.05, 0) is 23.8 Å². The summed E-state index contributed by atoms with van der Waals surface area (Å²) in [5.74, 6) is 0.714. The molecule has 0 aliphatic heterocycles. The van der Waals surface area contributed by atoms with Gasteiger partial charge in [-0.15, -0.1) is 0 Å². The molecule has 6 nitrogen and oxygen atoms in total. The van der Waals surface area contributed by atoms with E-state index < -0.39 is 0 Å². The first-order valence-corrected chi connectivity index (χ1v) is 6.07. The van der Waals surface area contributed by atoms with Crippen LogP contribution in [0.5, 0.6) is 11.6 Å². The monoisotopic (exact) mass is 271 g/mol. The first kappa shape index (κ1) is 12.3. The maximum absolute atomic E-state index is 9.38. The van der Waals surface area contributed by atoms with Crippen LogP contribution in [0.15, 0.2) is 40.9 Å². The molecule has 3 aromatic rings. The highest BCUT2D eigenvalue weighted by molar-refractivity contribution is 5.75. The summed E-state index contributed by atoms with van der Waals surface area (Å²) in [6.07, 6.45) is 1.68. The van der Waals surface area contributed by atoms with Crippen LogP contribution >= 0.6 is 0 Å². The molecule has 0 saturated heterocycles. The summed E-state index contributed by atoms with van der Waals surface area (Å²) < 4.78 is 10.6. The van der Waals surface area contributed by atoms with Gasteiger partial charge in [-0.2, -0.15) is 4.98 Å². The van der Waals surface area contributed by atoms with Crippen molar-refractivity contribution in [2.45, 2.75) is 6.54 Å². The summed E-state index contributed by atoms with van der Waals surface area (Å²) in [5.41, 5.74) is 2.24. The average Bonchev–Trinajstić information content (AvgIpc) is 2.87. The molecule has 0 atom stereocenters. The Bertz CT molecular complexity index is 739. The van der Waals surface area contributed by atoms with E-state index in [1.807, 2.05) is 12.1 Å². The van der Waals surface area contributed by atoms with Gasteiger partial charge in [-0.3, -0.25) is 0 Å². The molecule has 0 spiro atoms. The molecule has 2 N–H and O–H groups in total. The number of nitrogens with one attached hydrogen (secondary N) is 1.